The zero-order valence-corrected chi connectivity index (χ0v) is 11.6. The lowest BCUT2D eigenvalue weighted by atomic mass is 10.0. The van der Waals surface area contributed by atoms with E-state index in [9.17, 15) is 12.8 Å². The Morgan fingerprint density at radius 1 is 1.50 bits per heavy atom. The van der Waals surface area contributed by atoms with Crippen molar-refractivity contribution in [3.05, 3.63) is 34.6 Å². The molecule has 18 heavy (non-hydrogen) atoms. The normalized spacial score (nSPS) is 13.6. The molecule has 4 nitrogen and oxygen atoms in total. The van der Waals surface area contributed by atoms with E-state index in [1.807, 2.05) is 0 Å². The molecule has 0 bridgehead atoms. The van der Waals surface area contributed by atoms with Gasteiger partial charge in [-0.15, -0.1) is 0 Å². The second-order valence-electron chi connectivity index (χ2n) is 4.16. The number of nitrogens with one attached hydrogen (secondary N) is 1. The summed E-state index contributed by atoms with van der Waals surface area (Å²) in [5.41, 5.74) is 3.22. The first-order chi connectivity index (χ1) is 8.33. The van der Waals surface area contributed by atoms with Crippen molar-refractivity contribution in [3.63, 3.8) is 0 Å². The fourth-order valence-corrected chi connectivity index (χ4v) is 2.65. The Kier molecular flexibility index (Phi) is 5.52. The van der Waals surface area contributed by atoms with E-state index >= 15 is 0 Å². The van der Waals surface area contributed by atoms with Gasteiger partial charge in [0, 0.05) is 23.1 Å². The molecule has 0 saturated carbocycles. The molecule has 1 atom stereocenters. The number of hydrazine groups is 1. The molecule has 1 unspecified atom stereocenters. The summed E-state index contributed by atoms with van der Waals surface area (Å²) in [5.74, 6) is 5.08. The van der Waals surface area contributed by atoms with Gasteiger partial charge in [0.15, 0.2) is 0 Å². The predicted octanol–water partition coefficient (Wildman–Crippen LogP) is 1.81. The second-order valence-corrected chi connectivity index (χ2v) is 6.82. The average Bonchev–Trinajstić information content (AvgIpc) is 2.24. The standard InChI is InChI=1S/C11H16ClFN2O2S/c1-18(16,17)6-2-3-11(15-14)9-5-4-8(13)7-10(9)12/h4-5,7,11,15H,2-3,6,14H2,1H3. The van der Waals surface area contributed by atoms with Crippen molar-refractivity contribution in [2.75, 3.05) is 12.0 Å². The zero-order chi connectivity index (χ0) is 13.8. The van der Waals surface area contributed by atoms with Gasteiger partial charge in [-0.25, -0.2) is 12.8 Å². The van der Waals surface area contributed by atoms with Crippen LogP contribution in [-0.2, 0) is 9.84 Å². The first-order valence-corrected chi connectivity index (χ1v) is 7.86. The lowest BCUT2D eigenvalue weighted by molar-refractivity contribution is 0.506. The summed E-state index contributed by atoms with van der Waals surface area (Å²) in [7, 11) is -2.99. The van der Waals surface area contributed by atoms with Crippen molar-refractivity contribution >= 4 is 21.4 Å². The van der Waals surface area contributed by atoms with Gasteiger partial charge in [-0.2, -0.15) is 0 Å². The Morgan fingerprint density at radius 2 is 2.17 bits per heavy atom. The van der Waals surface area contributed by atoms with Crippen LogP contribution in [-0.4, -0.2) is 20.4 Å². The summed E-state index contributed by atoms with van der Waals surface area (Å²) in [6.45, 7) is 0. The molecule has 0 amide bonds. The molecule has 0 aromatic heterocycles. The molecule has 0 heterocycles. The lowest BCUT2D eigenvalue weighted by Gasteiger charge is -2.17. The van der Waals surface area contributed by atoms with Crippen LogP contribution < -0.4 is 11.3 Å². The van der Waals surface area contributed by atoms with E-state index in [4.69, 9.17) is 17.4 Å². The highest BCUT2D eigenvalue weighted by molar-refractivity contribution is 7.90. The van der Waals surface area contributed by atoms with Crippen LogP contribution in [0.4, 0.5) is 4.39 Å². The van der Waals surface area contributed by atoms with Gasteiger partial charge < -0.3 is 0 Å². The minimum absolute atomic E-state index is 0.0873. The largest absolute Gasteiger partial charge is 0.271 e. The minimum atomic E-state index is -2.99. The van der Waals surface area contributed by atoms with Crippen molar-refractivity contribution in [2.45, 2.75) is 18.9 Å². The summed E-state index contributed by atoms with van der Waals surface area (Å²) in [6.07, 6.45) is 2.15. The number of halogens is 2. The van der Waals surface area contributed by atoms with E-state index in [0.717, 1.165) is 0 Å². The van der Waals surface area contributed by atoms with E-state index < -0.39 is 15.7 Å². The molecule has 0 spiro atoms. The maximum Gasteiger partial charge on any atom is 0.147 e. The van der Waals surface area contributed by atoms with Crippen LogP contribution in [0, 0.1) is 5.82 Å². The van der Waals surface area contributed by atoms with Gasteiger partial charge in [0.2, 0.25) is 0 Å². The Labute approximate surface area is 111 Å². The molecule has 3 N–H and O–H groups in total. The number of hydrogen-bond donors (Lipinski definition) is 2. The fourth-order valence-electron chi connectivity index (χ4n) is 1.66. The number of benzene rings is 1. The molecule has 1 aromatic carbocycles. The van der Waals surface area contributed by atoms with Crippen molar-refractivity contribution in [1.82, 2.24) is 5.43 Å². The Hall–Kier alpha value is -0.690. The molecule has 0 fully saturated rings. The van der Waals surface area contributed by atoms with Crippen LogP contribution in [0.1, 0.15) is 24.4 Å². The maximum atomic E-state index is 12.9. The van der Waals surface area contributed by atoms with Crippen LogP contribution >= 0.6 is 11.6 Å². The second kappa shape index (κ2) is 6.47. The molecule has 1 rings (SSSR count). The smallest absolute Gasteiger partial charge is 0.147 e. The summed E-state index contributed by atoms with van der Waals surface area (Å²) >= 11 is 5.92. The third-order valence-corrected chi connectivity index (χ3v) is 3.90. The van der Waals surface area contributed by atoms with E-state index in [-0.39, 0.29) is 16.8 Å². The lowest BCUT2D eigenvalue weighted by Crippen LogP contribution is -2.28. The van der Waals surface area contributed by atoms with Crippen molar-refractivity contribution < 1.29 is 12.8 Å². The summed E-state index contributed by atoms with van der Waals surface area (Å²) < 4.78 is 35.0. The van der Waals surface area contributed by atoms with Gasteiger partial charge in [-0.3, -0.25) is 11.3 Å². The Morgan fingerprint density at radius 3 is 2.67 bits per heavy atom. The summed E-state index contributed by atoms with van der Waals surface area (Å²) in [5, 5.41) is 0.275. The van der Waals surface area contributed by atoms with Gasteiger partial charge >= 0.3 is 0 Å². The molecule has 1 aromatic rings. The molecule has 7 heteroatoms. The van der Waals surface area contributed by atoms with Gasteiger partial charge in [-0.1, -0.05) is 17.7 Å². The van der Waals surface area contributed by atoms with Gasteiger partial charge in [-0.05, 0) is 30.5 Å². The Bertz CT molecular complexity index is 508. The number of sulfone groups is 1. The number of hydrogen-bond acceptors (Lipinski definition) is 4. The third kappa shape index (κ3) is 4.89. The van der Waals surface area contributed by atoms with Gasteiger partial charge in [0.25, 0.3) is 0 Å². The maximum absolute atomic E-state index is 12.9. The first-order valence-electron chi connectivity index (χ1n) is 5.42. The summed E-state index contributed by atoms with van der Waals surface area (Å²) in [4.78, 5) is 0. The van der Waals surface area contributed by atoms with E-state index in [0.29, 0.717) is 18.4 Å². The van der Waals surface area contributed by atoms with Gasteiger partial charge in [0.1, 0.15) is 15.7 Å². The van der Waals surface area contributed by atoms with Crippen LogP contribution in [0.25, 0.3) is 0 Å². The minimum Gasteiger partial charge on any atom is -0.271 e. The van der Waals surface area contributed by atoms with Crippen LogP contribution in [0.3, 0.4) is 0 Å². The highest BCUT2D eigenvalue weighted by Gasteiger charge is 2.14. The molecular formula is C11H16ClFN2O2S. The van der Waals surface area contributed by atoms with E-state index in [1.165, 1.54) is 18.4 Å². The average molecular weight is 295 g/mol. The fraction of sp³-hybridized carbons (Fsp3) is 0.455. The first kappa shape index (κ1) is 15.4. The van der Waals surface area contributed by atoms with E-state index in [2.05, 4.69) is 5.43 Å². The van der Waals surface area contributed by atoms with Crippen LogP contribution in [0.2, 0.25) is 5.02 Å². The van der Waals surface area contributed by atoms with Crippen molar-refractivity contribution in [2.24, 2.45) is 5.84 Å². The summed E-state index contributed by atoms with van der Waals surface area (Å²) in [6, 6.07) is 3.75. The Balaban J connectivity index is 2.71. The van der Waals surface area contributed by atoms with Gasteiger partial charge in [0.05, 0.1) is 0 Å². The van der Waals surface area contributed by atoms with E-state index in [1.54, 1.807) is 6.07 Å². The zero-order valence-electron chi connectivity index (χ0n) is 9.99. The van der Waals surface area contributed by atoms with Crippen molar-refractivity contribution in [3.8, 4) is 0 Å². The van der Waals surface area contributed by atoms with Crippen LogP contribution in [0.15, 0.2) is 18.2 Å². The highest BCUT2D eigenvalue weighted by Crippen LogP contribution is 2.26. The monoisotopic (exact) mass is 294 g/mol. The molecule has 0 aliphatic heterocycles. The highest BCUT2D eigenvalue weighted by atomic mass is 35.5. The number of nitrogens with two attached hydrogens (primary N) is 1. The SMILES string of the molecule is CS(=O)(=O)CCCC(NN)c1ccc(F)cc1Cl. The number of rotatable bonds is 6. The molecule has 0 saturated heterocycles. The quantitative estimate of drug-likeness (QED) is 0.620. The molecular weight excluding hydrogens is 279 g/mol. The molecule has 0 aliphatic carbocycles. The molecule has 0 radical (unpaired) electrons. The predicted molar refractivity (Wildman–Crippen MR) is 70.4 cm³/mol. The van der Waals surface area contributed by atoms with Crippen LogP contribution in [0.5, 0.6) is 0 Å². The third-order valence-electron chi connectivity index (χ3n) is 2.55. The van der Waals surface area contributed by atoms with Crippen molar-refractivity contribution in [1.29, 1.82) is 0 Å². The molecule has 0 aliphatic rings. The topological polar surface area (TPSA) is 72.2 Å². The molecule has 102 valence electrons.